The van der Waals surface area contributed by atoms with E-state index in [1.807, 2.05) is 18.2 Å². The highest BCUT2D eigenvalue weighted by molar-refractivity contribution is 7.15. The Labute approximate surface area is 122 Å². The van der Waals surface area contributed by atoms with Crippen molar-refractivity contribution >= 4 is 28.1 Å². The van der Waals surface area contributed by atoms with Crippen molar-refractivity contribution in [3.8, 4) is 11.3 Å². The van der Waals surface area contributed by atoms with Gasteiger partial charge in [0.1, 0.15) is 0 Å². The number of rotatable bonds is 2. The highest BCUT2D eigenvalue weighted by atomic mass is 35.5. The first-order chi connectivity index (χ1) is 9.24. The number of nitrogen functional groups attached to an aromatic ring is 1. The zero-order valence-electron chi connectivity index (χ0n) is 10.7. The van der Waals surface area contributed by atoms with Crippen molar-refractivity contribution in [3.63, 3.8) is 0 Å². The molecule has 0 atom stereocenters. The maximum atomic E-state index is 6.08. The number of hydrogen-bond donors (Lipinski definition) is 1. The SMILES string of the molecule is Nc1nc(-c2cccc(Cl)c2)c(C2CCCCC2)s1. The first-order valence-corrected chi connectivity index (χ1v) is 7.95. The van der Waals surface area contributed by atoms with Gasteiger partial charge in [-0.25, -0.2) is 4.98 Å². The van der Waals surface area contributed by atoms with E-state index in [9.17, 15) is 0 Å². The Balaban J connectivity index is 2.01. The predicted molar refractivity (Wildman–Crippen MR) is 82.8 cm³/mol. The summed E-state index contributed by atoms with van der Waals surface area (Å²) in [5, 5.41) is 1.41. The van der Waals surface area contributed by atoms with Crippen molar-refractivity contribution in [2.75, 3.05) is 5.73 Å². The van der Waals surface area contributed by atoms with Gasteiger partial charge in [-0.3, -0.25) is 0 Å². The molecule has 0 unspecified atom stereocenters. The van der Waals surface area contributed by atoms with E-state index >= 15 is 0 Å². The number of aromatic nitrogens is 1. The van der Waals surface area contributed by atoms with Crippen LogP contribution in [0.3, 0.4) is 0 Å². The average molecular weight is 293 g/mol. The molecule has 0 spiro atoms. The van der Waals surface area contributed by atoms with Crippen LogP contribution in [-0.4, -0.2) is 4.98 Å². The second kappa shape index (κ2) is 5.51. The molecule has 0 radical (unpaired) electrons. The molecule has 1 aliphatic rings. The molecule has 0 saturated heterocycles. The van der Waals surface area contributed by atoms with Crippen LogP contribution in [0.2, 0.25) is 5.02 Å². The molecule has 1 saturated carbocycles. The van der Waals surface area contributed by atoms with E-state index in [4.69, 9.17) is 17.3 Å². The lowest BCUT2D eigenvalue weighted by molar-refractivity contribution is 0.448. The number of halogens is 1. The van der Waals surface area contributed by atoms with Crippen molar-refractivity contribution in [2.45, 2.75) is 38.0 Å². The smallest absolute Gasteiger partial charge is 0.180 e. The maximum absolute atomic E-state index is 6.08. The maximum Gasteiger partial charge on any atom is 0.180 e. The zero-order valence-corrected chi connectivity index (χ0v) is 12.3. The molecule has 1 heterocycles. The third kappa shape index (κ3) is 2.77. The van der Waals surface area contributed by atoms with Crippen LogP contribution < -0.4 is 5.73 Å². The summed E-state index contributed by atoms with van der Waals surface area (Å²) in [4.78, 5) is 5.88. The first-order valence-electron chi connectivity index (χ1n) is 6.76. The molecule has 100 valence electrons. The van der Waals surface area contributed by atoms with Gasteiger partial charge in [0.25, 0.3) is 0 Å². The van der Waals surface area contributed by atoms with E-state index in [0.29, 0.717) is 11.0 Å². The molecule has 1 aromatic carbocycles. The van der Waals surface area contributed by atoms with E-state index < -0.39 is 0 Å². The van der Waals surface area contributed by atoms with Crippen molar-refractivity contribution in [1.29, 1.82) is 0 Å². The van der Waals surface area contributed by atoms with Gasteiger partial charge in [-0.15, -0.1) is 11.3 Å². The largest absolute Gasteiger partial charge is 0.375 e. The number of thiazole rings is 1. The molecule has 19 heavy (non-hydrogen) atoms. The first kappa shape index (κ1) is 12.9. The Morgan fingerprint density at radius 1 is 1.21 bits per heavy atom. The normalized spacial score (nSPS) is 16.7. The Hall–Kier alpha value is -1.06. The van der Waals surface area contributed by atoms with Crippen LogP contribution in [0.15, 0.2) is 24.3 Å². The molecular weight excluding hydrogens is 276 g/mol. The van der Waals surface area contributed by atoms with Crippen molar-refractivity contribution < 1.29 is 0 Å². The Morgan fingerprint density at radius 2 is 2.00 bits per heavy atom. The fraction of sp³-hybridized carbons (Fsp3) is 0.400. The van der Waals surface area contributed by atoms with Gasteiger partial charge in [-0.05, 0) is 30.9 Å². The summed E-state index contributed by atoms with van der Waals surface area (Å²) in [5.74, 6) is 0.623. The van der Waals surface area contributed by atoms with E-state index in [-0.39, 0.29) is 0 Å². The number of hydrogen-bond acceptors (Lipinski definition) is 3. The summed E-state index contributed by atoms with van der Waals surface area (Å²) in [5.41, 5.74) is 8.06. The molecule has 2 nitrogen and oxygen atoms in total. The summed E-state index contributed by atoms with van der Waals surface area (Å²) >= 11 is 7.73. The lowest BCUT2D eigenvalue weighted by atomic mass is 9.87. The topological polar surface area (TPSA) is 38.9 Å². The van der Waals surface area contributed by atoms with E-state index in [1.165, 1.54) is 37.0 Å². The van der Waals surface area contributed by atoms with Gasteiger partial charge < -0.3 is 5.73 Å². The van der Waals surface area contributed by atoms with Gasteiger partial charge >= 0.3 is 0 Å². The van der Waals surface area contributed by atoms with Crippen LogP contribution >= 0.6 is 22.9 Å². The molecule has 0 aliphatic heterocycles. The molecule has 1 aliphatic carbocycles. The molecule has 0 bridgehead atoms. The molecular formula is C15H17ClN2S. The highest BCUT2D eigenvalue weighted by Crippen LogP contribution is 2.42. The Morgan fingerprint density at radius 3 is 2.74 bits per heavy atom. The number of benzene rings is 1. The van der Waals surface area contributed by atoms with Gasteiger partial charge in [0.2, 0.25) is 0 Å². The predicted octanol–water partition coefficient (Wildman–Crippen LogP) is 5.09. The summed E-state index contributed by atoms with van der Waals surface area (Å²) < 4.78 is 0. The standard InChI is InChI=1S/C15H17ClN2S/c16-12-8-4-7-11(9-12)13-14(19-15(17)18-13)10-5-2-1-3-6-10/h4,7-10H,1-3,5-6H2,(H2,17,18). The lowest BCUT2D eigenvalue weighted by Crippen LogP contribution is -2.04. The zero-order chi connectivity index (χ0) is 13.2. The minimum absolute atomic E-state index is 0.623. The van der Waals surface area contributed by atoms with Crippen LogP contribution in [0.5, 0.6) is 0 Å². The Bertz CT molecular complexity index is 573. The van der Waals surface area contributed by atoms with Crippen LogP contribution in [0.25, 0.3) is 11.3 Å². The molecule has 0 amide bonds. The van der Waals surface area contributed by atoms with Crippen molar-refractivity contribution in [1.82, 2.24) is 4.98 Å². The summed E-state index contributed by atoms with van der Waals surface area (Å²) in [6.07, 6.45) is 6.51. The molecule has 2 aromatic rings. The van der Waals surface area contributed by atoms with Crippen LogP contribution in [0, 0.1) is 0 Å². The minimum atomic E-state index is 0.623. The van der Waals surface area contributed by atoms with Crippen molar-refractivity contribution in [3.05, 3.63) is 34.2 Å². The van der Waals surface area contributed by atoms with Crippen molar-refractivity contribution in [2.24, 2.45) is 0 Å². The quantitative estimate of drug-likeness (QED) is 0.837. The third-order valence-electron chi connectivity index (χ3n) is 3.74. The van der Waals surface area contributed by atoms with Crippen LogP contribution in [0.1, 0.15) is 42.9 Å². The molecule has 1 aromatic heterocycles. The van der Waals surface area contributed by atoms with Gasteiger partial charge in [0.15, 0.2) is 5.13 Å². The molecule has 2 N–H and O–H groups in total. The summed E-state index contributed by atoms with van der Waals surface area (Å²) in [6.45, 7) is 0. The monoisotopic (exact) mass is 292 g/mol. The van der Waals surface area contributed by atoms with Crippen LogP contribution in [-0.2, 0) is 0 Å². The van der Waals surface area contributed by atoms with Gasteiger partial charge in [0, 0.05) is 15.5 Å². The van der Waals surface area contributed by atoms with E-state index in [2.05, 4.69) is 11.1 Å². The van der Waals surface area contributed by atoms with Gasteiger partial charge in [0.05, 0.1) is 5.69 Å². The van der Waals surface area contributed by atoms with Crippen LogP contribution in [0.4, 0.5) is 5.13 Å². The van der Waals surface area contributed by atoms with Gasteiger partial charge in [-0.2, -0.15) is 0 Å². The van der Waals surface area contributed by atoms with E-state index in [1.54, 1.807) is 11.3 Å². The molecule has 3 rings (SSSR count). The van der Waals surface area contributed by atoms with E-state index in [0.717, 1.165) is 16.3 Å². The average Bonchev–Trinajstić information content (AvgIpc) is 2.82. The number of nitrogens with two attached hydrogens (primary N) is 1. The second-order valence-electron chi connectivity index (χ2n) is 5.11. The number of anilines is 1. The minimum Gasteiger partial charge on any atom is -0.375 e. The third-order valence-corrected chi connectivity index (χ3v) is 5.03. The second-order valence-corrected chi connectivity index (χ2v) is 6.61. The number of nitrogens with zero attached hydrogens (tertiary/aromatic N) is 1. The Kier molecular flexibility index (Phi) is 3.76. The fourth-order valence-corrected chi connectivity index (χ4v) is 4.05. The molecule has 4 heteroatoms. The fourth-order valence-electron chi connectivity index (χ4n) is 2.83. The highest BCUT2D eigenvalue weighted by Gasteiger charge is 2.22. The summed E-state index contributed by atoms with van der Waals surface area (Å²) in [6, 6.07) is 7.90. The lowest BCUT2D eigenvalue weighted by Gasteiger charge is -2.21. The summed E-state index contributed by atoms with van der Waals surface area (Å²) in [7, 11) is 0. The molecule has 1 fully saturated rings. The van der Waals surface area contributed by atoms with Gasteiger partial charge in [-0.1, -0.05) is 43.0 Å².